The van der Waals surface area contributed by atoms with Crippen molar-refractivity contribution in [3.63, 3.8) is 0 Å². The molecule has 1 atom stereocenters. The van der Waals surface area contributed by atoms with Gasteiger partial charge in [-0.3, -0.25) is 4.79 Å². The van der Waals surface area contributed by atoms with E-state index in [-0.39, 0.29) is 5.91 Å². The molecular weight excluding hydrogens is 230 g/mol. The van der Waals surface area contributed by atoms with Gasteiger partial charge in [-0.25, -0.2) is 0 Å². The Bertz CT molecular complexity index is 402. The van der Waals surface area contributed by atoms with Gasteiger partial charge in [0, 0.05) is 12.1 Å². The van der Waals surface area contributed by atoms with Crippen molar-refractivity contribution in [2.24, 2.45) is 0 Å². The van der Waals surface area contributed by atoms with Gasteiger partial charge in [-0.1, -0.05) is 6.07 Å². The van der Waals surface area contributed by atoms with E-state index in [1.165, 1.54) is 0 Å². The first-order valence-electron chi connectivity index (χ1n) is 6.24. The molecule has 0 aliphatic heterocycles. The van der Waals surface area contributed by atoms with E-state index in [4.69, 9.17) is 9.84 Å². The lowest BCUT2D eigenvalue weighted by Crippen LogP contribution is -2.26. The Kier molecular flexibility index (Phi) is 5.65. The highest BCUT2D eigenvalue weighted by molar-refractivity contribution is 5.94. The van der Waals surface area contributed by atoms with Crippen LogP contribution in [-0.4, -0.2) is 30.3 Å². The highest BCUT2D eigenvalue weighted by atomic mass is 16.5. The van der Waals surface area contributed by atoms with Gasteiger partial charge in [-0.2, -0.15) is 0 Å². The van der Waals surface area contributed by atoms with Crippen LogP contribution >= 0.6 is 0 Å². The Hall–Kier alpha value is -1.55. The number of hydrogen-bond acceptors (Lipinski definition) is 3. The third-order valence-corrected chi connectivity index (χ3v) is 2.60. The van der Waals surface area contributed by atoms with Crippen molar-refractivity contribution in [1.82, 2.24) is 5.32 Å². The summed E-state index contributed by atoms with van der Waals surface area (Å²) in [4.78, 5) is 11.8. The maximum Gasteiger partial charge on any atom is 0.251 e. The van der Waals surface area contributed by atoms with Gasteiger partial charge in [0.05, 0.1) is 12.7 Å². The highest BCUT2D eigenvalue weighted by Gasteiger charge is 2.08. The monoisotopic (exact) mass is 251 g/mol. The molecule has 0 aliphatic rings. The Balaban J connectivity index is 2.65. The predicted molar refractivity (Wildman–Crippen MR) is 71.0 cm³/mol. The molecule has 4 heteroatoms. The molecule has 0 saturated carbocycles. The fraction of sp³-hybridized carbons (Fsp3) is 0.500. The highest BCUT2D eigenvalue weighted by Crippen LogP contribution is 2.19. The number of aliphatic hydroxyl groups excluding tert-OH is 1. The summed E-state index contributed by atoms with van der Waals surface area (Å²) in [5.74, 6) is 0.595. The van der Waals surface area contributed by atoms with E-state index in [9.17, 15) is 4.79 Å². The topological polar surface area (TPSA) is 58.6 Å². The summed E-state index contributed by atoms with van der Waals surface area (Å²) < 4.78 is 5.45. The summed E-state index contributed by atoms with van der Waals surface area (Å²) in [5.41, 5.74) is 1.59. The van der Waals surface area contributed by atoms with Crippen LogP contribution in [0, 0.1) is 6.92 Å². The molecule has 0 spiro atoms. The third kappa shape index (κ3) is 4.37. The summed E-state index contributed by atoms with van der Waals surface area (Å²) in [6.07, 6.45) is 0.151. The van der Waals surface area contributed by atoms with Crippen molar-refractivity contribution >= 4 is 5.91 Å². The molecule has 0 aliphatic carbocycles. The van der Waals surface area contributed by atoms with Crippen LogP contribution in [0.5, 0.6) is 5.75 Å². The van der Waals surface area contributed by atoms with Crippen LogP contribution in [0.1, 0.15) is 36.2 Å². The average Bonchev–Trinajstić information content (AvgIpc) is 2.31. The normalized spacial score (nSPS) is 12.0. The molecule has 100 valence electrons. The molecule has 1 amide bonds. The molecule has 2 N–H and O–H groups in total. The van der Waals surface area contributed by atoms with Crippen LogP contribution in [-0.2, 0) is 0 Å². The maximum atomic E-state index is 11.8. The number of ether oxygens (including phenoxy) is 1. The summed E-state index contributed by atoms with van der Waals surface area (Å²) in [7, 11) is 0. The summed E-state index contributed by atoms with van der Waals surface area (Å²) in [5, 5.41) is 11.9. The van der Waals surface area contributed by atoms with E-state index < -0.39 is 6.10 Å². The average molecular weight is 251 g/mol. The number of aryl methyl sites for hydroxylation is 1. The summed E-state index contributed by atoms with van der Waals surface area (Å²) >= 11 is 0. The van der Waals surface area contributed by atoms with Gasteiger partial charge in [0.1, 0.15) is 5.75 Å². The number of carbonyl (C=O) groups is 1. The molecule has 0 saturated heterocycles. The Morgan fingerprint density at radius 1 is 1.50 bits per heavy atom. The van der Waals surface area contributed by atoms with Crippen LogP contribution < -0.4 is 10.1 Å². The lowest BCUT2D eigenvalue weighted by atomic mass is 10.1. The Morgan fingerprint density at radius 2 is 2.22 bits per heavy atom. The fourth-order valence-electron chi connectivity index (χ4n) is 1.55. The molecule has 4 nitrogen and oxygen atoms in total. The summed E-state index contributed by atoms with van der Waals surface area (Å²) in [6.45, 7) is 6.60. The van der Waals surface area contributed by atoms with Crippen molar-refractivity contribution in [3.8, 4) is 5.75 Å². The van der Waals surface area contributed by atoms with E-state index in [1.807, 2.05) is 19.9 Å². The zero-order valence-corrected chi connectivity index (χ0v) is 11.2. The van der Waals surface area contributed by atoms with Crippen molar-refractivity contribution in [3.05, 3.63) is 29.3 Å². The lowest BCUT2D eigenvalue weighted by molar-refractivity contribution is 0.0945. The smallest absolute Gasteiger partial charge is 0.251 e. The first-order chi connectivity index (χ1) is 8.54. The number of amides is 1. The van der Waals surface area contributed by atoms with Gasteiger partial charge in [0.15, 0.2) is 0 Å². The minimum absolute atomic E-state index is 0.142. The van der Waals surface area contributed by atoms with Crippen molar-refractivity contribution in [2.75, 3.05) is 13.2 Å². The number of nitrogens with one attached hydrogen (secondary N) is 1. The van der Waals surface area contributed by atoms with E-state index >= 15 is 0 Å². The van der Waals surface area contributed by atoms with E-state index in [0.717, 1.165) is 11.3 Å². The standard InChI is InChI=1S/C14H21NO3/c1-4-18-13-9-12(6-5-10(13)2)14(17)15-8-7-11(3)16/h5-6,9,11,16H,4,7-8H2,1-3H3,(H,15,17). The largest absolute Gasteiger partial charge is 0.494 e. The molecule has 0 radical (unpaired) electrons. The number of carbonyl (C=O) groups excluding carboxylic acids is 1. The predicted octanol–water partition coefficient (Wildman–Crippen LogP) is 1.89. The van der Waals surface area contributed by atoms with Crippen LogP contribution in [0.15, 0.2) is 18.2 Å². The van der Waals surface area contributed by atoms with Gasteiger partial charge in [0.25, 0.3) is 5.91 Å². The molecule has 0 heterocycles. The minimum Gasteiger partial charge on any atom is -0.494 e. The van der Waals surface area contributed by atoms with Crippen LogP contribution in [0.4, 0.5) is 0 Å². The molecule has 0 fully saturated rings. The summed E-state index contributed by atoms with van der Waals surface area (Å²) in [6, 6.07) is 5.39. The second-order valence-corrected chi connectivity index (χ2v) is 4.31. The molecule has 18 heavy (non-hydrogen) atoms. The Labute approximate surface area is 108 Å². The number of hydrogen-bond donors (Lipinski definition) is 2. The molecule has 0 bridgehead atoms. The van der Waals surface area contributed by atoms with Gasteiger partial charge in [-0.15, -0.1) is 0 Å². The van der Waals surface area contributed by atoms with Gasteiger partial charge < -0.3 is 15.2 Å². The van der Waals surface area contributed by atoms with E-state index in [0.29, 0.717) is 25.1 Å². The zero-order valence-electron chi connectivity index (χ0n) is 11.2. The molecule has 1 rings (SSSR count). The van der Waals surface area contributed by atoms with E-state index in [1.54, 1.807) is 19.1 Å². The van der Waals surface area contributed by atoms with Crippen LogP contribution in [0.2, 0.25) is 0 Å². The van der Waals surface area contributed by atoms with Gasteiger partial charge >= 0.3 is 0 Å². The molecule has 0 aromatic heterocycles. The SMILES string of the molecule is CCOc1cc(C(=O)NCCC(C)O)ccc1C. The molecular formula is C14H21NO3. The molecule has 1 aromatic carbocycles. The second-order valence-electron chi connectivity index (χ2n) is 4.31. The van der Waals surface area contributed by atoms with Crippen LogP contribution in [0.25, 0.3) is 0 Å². The quantitative estimate of drug-likeness (QED) is 0.811. The number of aliphatic hydroxyl groups is 1. The van der Waals surface area contributed by atoms with Crippen molar-refractivity contribution in [1.29, 1.82) is 0 Å². The zero-order chi connectivity index (χ0) is 13.5. The van der Waals surface area contributed by atoms with Gasteiger partial charge in [-0.05, 0) is 44.9 Å². The molecule has 1 unspecified atom stereocenters. The Morgan fingerprint density at radius 3 is 2.83 bits per heavy atom. The van der Waals surface area contributed by atoms with Crippen molar-refractivity contribution < 1.29 is 14.6 Å². The van der Waals surface area contributed by atoms with Crippen LogP contribution in [0.3, 0.4) is 0 Å². The number of rotatable bonds is 6. The second kappa shape index (κ2) is 7.01. The van der Waals surface area contributed by atoms with Crippen molar-refractivity contribution in [2.45, 2.75) is 33.3 Å². The third-order valence-electron chi connectivity index (χ3n) is 2.60. The first kappa shape index (κ1) is 14.5. The van der Waals surface area contributed by atoms with Gasteiger partial charge in [0.2, 0.25) is 0 Å². The fourth-order valence-corrected chi connectivity index (χ4v) is 1.55. The first-order valence-corrected chi connectivity index (χ1v) is 6.24. The van der Waals surface area contributed by atoms with E-state index in [2.05, 4.69) is 5.32 Å². The maximum absolute atomic E-state index is 11.8. The minimum atomic E-state index is -0.401. The number of benzene rings is 1. The molecule has 1 aromatic rings. The lowest BCUT2D eigenvalue weighted by Gasteiger charge is -2.10.